The summed E-state index contributed by atoms with van der Waals surface area (Å²) in [6.07, 6.45) is 6.03. The summed E-state index contributed by atoms with van der Waals surface area (Å²) >= 11 is 0. The van der Waals surface area contributed by atoms with Gasteiger partial charge >= 0.3 is 0 Å². The molecule has 128 valence electrons. The molecule has 4 fully saturated rings. The molecule has 1 aliphatic carbocycles. The second kappa shape index (κ2) is 5.76. The first-order chi connectivity index (χ1) is 11.8. The Balaban J connectivity index is 1.17. The van der Waals surface area contributed by atoms with Gasteiger partial charge in [0.15, 0.2) is 5.96 Å². The summed E-state index contributed by atoms with van der Waals surface area (Å²) in [7, 11) is 1.93. The Morgan fingerprint density at radius 3 is 2.54 bits per heavy atom. The van der Waals surface area contributed by atoms with Gasteiger partial charge in [0.2, 0.25) is 0 Å². The number of rotatable bonds is 3. The lowest BCUT2D eigenvalue weighted by Crippen LogP contribution is -2.42. The highest BCUT2D eigenvalue weighted by Gasteiger charge is 2.53. The van der Waals surface area contributed by atoms with Crippen LogP contribution < -0.4 is 5.32 Å². The molecular formula is C20H27N3O. The molecule has 3 saturated heterocycles. The maximum atomic E-state index is 6.09. The summed E-state index contributed by atoms with van der Waals surface area (Å²) in [5.41, 5.74) is 1.45. The van der Waals surface area contributed by atoms with Crippen molar-refractivity contribution in [2.75, 3.05) is 20.1 Å². The third-order valence-electron chi connectivity index (χ3n) is 6.54. The van der Waals surface area contributed by atoms with Gasteiger partial charge in [-0.05, 0) is 37.2 Å². The Morgan fingerprint density at radius 2 is 1.88 bits per heavy atom. The van der Waals surface area contributed by atoms with Gasteiger partial charge in [-0.3, -0.25) is 4.99 Å². The number of aliphatic imine (C=N–C) groups is 1. The zero-order chi connectivity index (χ0) is 16.1. The van der Waals surface area contributed by atoms with Crippen molar-refractivity contribution in [1.82, 2.24) is 10.2 Å². The van der Waals surface area contributed by atoms with Crippen LogP contribution in [0.5, 0.6) is 0 Å². The number of likely N-dealkylation sites (tertiary alicyclic amines) is 1. The van der Waals surface area contributed by atoms with E-state index in [9.17, 15) is 0 Å². The Morgan fingerprint density at radius 1 is 1.17 bits per heavy atom. The smallest absolute Gasteiger partial charge is 0.193 e. The van der Waals surface area contributed by atoms with E-state index in [1.165, 1.54) is 31.2 Å². The van der Waals surface area contributed by atoms with Crippen molar-refractivity contribution >= 4 is 5.96 Å². The largest absolute Gasteiger partial charge is 0.374 e. The lowest BCUT2D eigenvalue weighted by Gasteiger charge is -2.23. The van der Waals surface area contributed by atoms with Crippen LogP contribution in [-0.4, -0.2) is 49.2 Å². The maximum absolute atomic E-state index is 6.09. The van der Waals surface area contributed by atoms with Crippen molar-refractivity contribution in [3.63, 3.8) is 0 Å². The van der Waals surface area contributed by atoms with Gasteiger partial charge in [-0.1, -0.05) is 30.3 Å². The van der Waals surface area contributed by atoms with Crippen molar-refractivity contribution in [3.05, 3.63) is 35.9 Å². The predicted octanol–water partition coefficient (Wildman–Crippen LogP) is 2.30. The quantitative estimate of drug-likeness (QED) is 0.684. The predicted molar refractivity (Wildman–Crippen MR) is 95.0 cm³/mol. The maximum Gasteiger partial charge on any atom is 0.193 e. The first-order valence-corrected chi connectivity index (χ1v) is 9.49. The van der Waals surface area contributed by atoms with Crippen molar-refractivity contribution in [3.8, 4) is 0 Å². The van der Waals surface area contributed by atoms with Crippen LogP contribution in [0.1, 0.15) is 24.8 Å². The monoisotopic (exact) mass is 325 g/mol. The van der Waals surface area contributed by atoms with Crippen LogP contribution in [0.2, 0.25) is 0 Å². The van der Waals surface area contributed by atoms with Crippen molar-refractivity contribution in [2.24, 2.45) is 22.7 Å². The number of nitrogens with zero attached hydrogens (tertiary/aromatic N) is 2. The van der Waals surface area contributed by atoms with E-state index in [0.717, 1.165) is 36.8 Å². The van der Waals surface area contributed by atoms with E-state index in [4.69, 9.17) is 4.74 Å². The number of nitrogens with one attached hydrogen (secondary N) is 1. The summed E-state index contributed by atoms with van der Waals surface area (Å²) in [6.45, 7) is 2.25. The number of guanidine groups is 1. The molecule has 4 heteroatoms. The second-order valence-corrected chi connectivity index (χ2v) is 8.01. The molecule has 0 radical (unpaired) electrons. The molecule has 1 aromatic rings. The highest BCUT2D eigenvalue weighted by molar-refractivity contribution is 5.81. The van der Waals surface area contributed by atoms with E-state index in [2.05, 4.69) is 45.5 Å². The van der Waals surface area contributed by atoms with Gasteiger partial charge in [-0.25, -0.2) is 0 Å². The molecule has 6 unspecified atom stereocenters. The zero-order valence-electron chi connectivity index (χ0n) is 14.4. The van der Waals surface area contributed by atoms with E-state index in [1.807, 2.05) is 7.05 Å². The van der Waals surface area contributed by atoms with Crippen LogP contribution in [0.3, 0.4) is 0 Å². The van der Waals surface area contributed by atoms with E-state index in [0.29, 0.717) is 18.2 Å². The van der Waals surface area contributed by atoms with Gasteiger partial charge in [-0.2, -0.15) is 0 Å². The summed E-state index contributed by atoms with van der Waals surface area (Å²) in [5, 5.41) is 3.73. The number of ether oxygens (including phenoxy) is 1. The average molecular weight is 325 g/mol. The van der Waals surface area contributed by atoms with Crippen LogP contribution in [0.15, 0.2) is 35.3 Å². The number of hydrogen-bond acceptors (Lipinski definition) is 2. The average Bonchev–Trinajstić information content (AvgIpc) is 3.01. The molecular weight excluding hydrogens is 298 g/mol. The van der Waals surface area contributed by atoms with Gasteiger partial charge in [0.25, 0.3) is 0 Å². The third kappa shape index (κ3) is 2.52. The molecule has 2 bridgehead atoms. The van der Waals surface area contributed by atoms with Crippen LogP contribution in [0, 0.1) is 17.8 Å². The molecule has 1 saturated carbocycles. The zero-order valence-corrected chi connectivity index (χ0v) is 14.4. The number of hydrogen-bond donors (Lipinski definition) is 1. The second-order valence-electron chi connectivity index (χ2n) is 8.01. The van der Waals surface area contributed by atoms with Crippen LogP contribution in [-0.2, 0) is 11.2 Å². The van der Waals surface area contributed by atoms with Gasteiger partial charge < -0.3 is 15.0 Å². The minimum absolute atomic E-state index is 0.523. The molecule has 1 aromatic carbocycles. The van der Waals surface area contributed by atoms with Gasteiger partial charge in [0.1, 0.15) is 0 Å². The summed E-state index contributed by atoms with van der Waals surface area (Å²) in [6, 6.07) is 11.4. The molecule has 1 N–H and O–H groups in total. The van der Waals surface area contributed by atoms with Crippen LogP contribution in [0.25, 0.3) is 0 Å². The first kappa shape index (κ1) is 14.8. The SMILES string of the molecule is CN=C(NC1CC1Cc1ccccc1)N1CC2C3CCC(O3)C2C1. The molecule has 4 aliphatic rings. The van der Waals surface area contributed by atoms with Crippen LogP contribution >= 0.6 is 0 Å². The molecule has 0 amide bonds. The van der Waals surface area contributed by atoms with E-state index in [-0.39, 0.29) is 0 Å². The molecule has 24 heavy (non-hydrogen) atoms. The summed E-state index contributed by atoms with van der Waals surface area (Å²) in [4.78, 5) is 7.07. The lowest BCUT2D eigenvalue weighted by molar-refractivity contribution is 0.0767. The molecule has 0 aromatic heterocycles. The highest BCUT2D eigenvalue weighted by Crippen LogP contribution is 2.47. The minimum atomic E-state index is 0.523. The lowest BCUT2D eigenvalue weighted by atomic mass is 9.82. The number of fused-ring (bicyclic) bond motifs is 5. The molecule has 3 aliphatic heterocycles. The molecule has 5 rings (SSSR count). The minimum Gasteiger partial charge on any atom is -0.374 e. The Labute approximate surface area is 144 Å². The topological polar surface area (TPSA) is 36.9 Å². The van der Waals surface area contributed by atoms with Crippen molar-refractivity contribution < 1.29 is 4.74 Å². The summed E-state index contributed by atoms with van der Waals surface area (Å²) < 4.78 is 6.09. The molecule has 3 heterocycles. The number of benzene rings is 1. The van der Waals surface area contributed by atoms with Gasteiger partial charge in [0.05, 0.1) is 12.2 Å². The van der Waals surface area contributed by atoms with E-state index in [1.54, 1.807) is 0 Å². The third-order valence-corrected chi connectivity index (χ3v) is 6.54. The van der Waals surface area contributed by atoms with Gasteiger partial charge in [-0.15, -0.1) is 0 Å². The fourth-order valence-electron chi connectivity index (χ4n) is 5.16. The normalized spacial score (nSPS) is 40.0. The molecule has 0 spiro atoms. The fourth-order valence-corrected chi connectivity index (χ4v) is 5.16. The van der Waals surface area contributed by atoms with Crippen molar-refractivity contribution in [2.45, 2.75) is 43.9 Å². The standard InChI is InChI=1S/C20H27N3O/c1-21-20(22-17-10-14(17)9-13-5-3-2-4-6-13)23-11-15-16(12-23)19-8-7-18(15)24-19/h2-6,14-19H,7-12H2,1H3,(H,21,22). The van der Waals surface area contributed by atoms with E-state index < -0.39 is 0 Å². The van der Waals surface area contributed by atoms with Gasteiger partial charge in [0, 0.05) is 38.0 Å². The van der Waals surface area contributed by atoms with E-state index >= 15 is 0 Å². The summed E-state index contributed by atoms with van der Waals surface area (Å²) in [5.74, 6) is 3.35. The first-order valence-electron chi connectivity index (χ1n) is 9.49. The Hall–Kier alpha value is -1.55. The molecule has 4 nitrogen and oxygen atoms in total. The van der Waals surface area contributed by atoms with Crippen molar-refractivity contribution in [1.29, 1.82) is 0 Å². The Kier molecular flexibility index (Phi) is 3.55. The molecule has 6 atom stereocenters. The Bertz CT molecular complexity index is 613. The highest BCUT2D eigenvalue weighted by atomic mass is 16.5. The fraction of sp³-hybridized carbons (Fsp3) is 0.650. The van der Waals surface area contributed by atoms with Crippen LogP contribution in [0.4, 0.5) is 0 Å².